The molecule has 1 heterocycles. The fourth-order valence-corrected chi connectivity index (χ4v) is 5.30. The molecule has 1 aliphatic rings. The van der Waals surface area contributed by atoms with Crippen molar-refractivity contribution < 1.29 is 25.3 Å². The normalized spacial score (nSPS) is 25.2. The molecule has 0 aromatic carbocycles. The molecule has 29 heavy (non-hydrogen) atoms. The van der Waals surface area contributed by atoms with Crippen LogP contribution >= 0.6 is 11.3 Å². The van der Waals surface area contributed by atoms with E-state index < -0.39 is 12.2 Å². The molecule has 2 rings (SSSR count). The summed E-state index contributed by atoms with van der Waals surface area (Å²) in [5.41, 5.74) is 1.64. The highest BCUT2D eigenvalue weighted by Gasteiger charge is 2.40. The van der Waals surface area contributed by atoms with E-state index >= 15 is 0 Å². The molecule has 0 bridgehead atoms. The number of carbonyl (C=O) groups excluding carboxylic acids is 1. The Bertz CT molecular complexity index is 568. The molecule has 5 unspecified atom stereocenters. The standard InChI is InChI=1S/C22H37NO5S/c24-16(7-5-8-17-9-6-14-29-17)12-13-19-18(20(25)15-21(19)26)10-3-1-2-4-11-22(27)23-28/h6,9,14,16,18-21,24-26,28H,1-5,7-8,10-13,15H2,(H,23,27). The van der Waals surface area contributed by atoms with Gasteiger partial charge < -0.3 is 15.3 Å². The lowest BCUT2D eigenvalue weighted by Crippen LogP contribution is -2.24. The molecule has 0 aliphatic heterocycles. The summed E-state index contributed by atoms with van der Waals surface area (Å²) in [4.78, 5) is 12.3. The average Bonchev–Trinajstić information content (AvgIpc) is 3.30. The Labute approximate surface area is 177 Å². The van der Waals surface area contributed by atoms with Crippen LogP contribution in [0.1, 0.15) is 75.5 Å². The van der Waals surface area contributed by atoms with Crippen LogP contribution in [-0.2, 0) is 11.2 Å². The number of hydrogen-bond acceptors (Lipinski definition) is 6. The smallest absolute Gasteiger partial charge is 0.243 e. The van der Waals surface area contributed by atoms with Crippen molar-refractivity contribution in [2.75, 3.05) is 0 Å². The van der Waals surface area contributed by atoms with Gasteiger partial charge in [0, 0.05) is 11.3 Å². The van der Waals surface area contributed by atoms with E-state index in [0.717, 1.165) is 57.8 Å². The van der Waals surface area contributed by atoms with Crippen molar-refractivity contribution in [1.82, 2.24) is 5.48 Å². The third kappa shape index (κ3) is 8.72. The van der Waals surface area contributed by atoms with Crippen molar-refractivity contribution in [1.29, 1.82) is 0 Å². The van der Waals surface area contributed by atoms with Gasteiger partial charge in [-0.25, -0.2) is 5.48 Å². The monoisotopic (exact) mass is 427 g/mol. The average molecular weight is 428 g/mol. The highest BCUT2D eigenvalue weighted by molar-refractivity contribution is 7.09. The molecule has 0 radical (unpaired) electrons. The lowest BCUT2D eigenvalue weighted by Gasteiger charge is -2.24. The van der Waals surface area contributed by atoms with Crippen LogP contribution in [0.4, 0.5) is 0 Å². The quantitative estimate of drug-likeness (QED) is 0.178. The maximum Gasteiger partial charge on any atom is 0.243 e. The van der Waals surface area contributed by atoms with E-state index in [9.17, 15) is 20.1 Å². The molecule has 5 atom stereocenters. The first-order valence-electron chi connectivity index (χ1n) is 11.0. The minimum Gasteiger partial charge on any atom is -0.393 e. The van der Waals surface area contributed by atoms with Crippen molar-refractivity contribution in [3.05, 3.63) is 22.4 Å². The molecule has 5 N–H and O–H groups in total. The third-order valence-corrected chi connectivity index (χ3v) is 7.15. The second-order valence-electron chi connectivity index (χ2n) is 8.39. The van der Waals surface area contributed by atoms with Crippen LogP contribution in [0.15, 0.2) is 17.5 Å². The number of hydrogen-bond donors (Lipinski definition) is 5. The number of thiophene rings is 1. The first kappa shape index (κ1) is 24.3. The molecular formula is C22H37NO5S. The Balaban J connectivity index is 1.63. The van der Waals surface area contributed by atoms with Gasteiger partial charge in [-0.1, -0.05) is 25.3 Å². The van der Waals surface area contributed by atoms with Gasteiger partial charge in [0.2, 0.25) is 5.91 Å². The second-order valence-corrected chi connectivity index (χ2v) is 9.42. The van der Waals surface area contributed by atoms with E-state index in [-0.39, 0.29) is 23.8 Å². The molecule has 166 valence electrons. The zero-order valence-electron chi connectivity index (χ0n) is 17.2. The van der Waals surface area contributed by atoms with Gasteiger partial charge in [-0.3, -0.25) is 10.0 Å². The molecule has 1 aromatic rings. The molecule has 6 nitrogen and oxygen atoms in total. The van der Waals surface area contributed by atoms with Crippen molar-refractivity contribution in [2.24, 2.45) is 11.8 Å². The summed E-state index contributed by atoms with van der Waals surface area (Å²) in [6.07, 6.45) is 8.06. The minimum absolute atomic E-state index is 0.0529. The van der Waals surface area contributed by atoms with Gasteiger partial charge >= 0.3 is 0 Å². The molecule has 7 heteroatoms. The van der Waals surface area contributed by atoms with Gasteiger partial charge in [-0.15, -0.1) is 11.3 Å². The van der Waals surface area contributed by atoms with Gasteiger partial charge in [0.1, 0.15) is 0 Å². The highest BCUT2D eigenvalue weighted by Crippen LogP contribution is 2.39. The van der Waals surface area contributed by atoms with Gasteiger partial charge in [-0.05, 0) is 74.6 Å². The van der Waals surface area contributed by atoms with E-state index in [2.05, 4.69) is 17.5 Å². The fraction of sp³-hybridized carbons (Fsp3) is 0.773. The Hall–Kier alpha value is -0.990. The number of unbranched alkanes of at least 4 members (excludes halogenated alkanes) is 3. The number of aliphatic hydroxyl groups is 3. The molecule has 1 aliphatic carbocycles. The number of carbonyl (C=O) groups is 1. The second kappa shape index (κ2) is 13.3. The summed E-state index contributed by atoms with van der Waals surface area (Å²) in [5, 5.41) is 41.6. The SMILES string of the molecule is O=C(CCCCCCC1C(O)CC(O)C1CCC(O)CCCc1cccs1)NO. The number of amides is 1. The molecular weight excluding hydrogens is 390 g/mol. The van der Waals surface area contributed by atoms with Crippen LogP contribution in [0, 0.1) is 11.8 Å². The first-order chi connectivity index (χ1) is 14.0. The Morgan fingerprint density at radius 1 is 1.07 bits per heavy atom. The zero-order chi connectivity index (χ0) is 21.1. The minimum atomic E-state index is -0.485. The summed E-state index contributed by atoms with van der Waals surface area (Å²) in [6, 6.07) is 4.18. The van der Waals surface area contributed by atoms with Crippen molar-refractivity contribution in [3.8, 4) is 0 Å². The number of hydroxylamine groups is 1. The summed E-state index contributed by atoms with van der Waals surface area (Å²) < 4.78 is 0. The molecule has 1 aromatic heterocycles. The van der Waals surface area contributed by atoms with E-state index in [0.29, 0.717) is 19.3 Å². The topological polar surface area (TPSA) is 110 Å². The van der Waals surface area contributed by atoms with E-state index in [1.54, 1.807) is 16.8 Å². The predicted octanol–water partition coefficient (Wildman–Crippen LogP) is 3.42. The van der Waals surface area contributed by atoms with Crippen molar-refractivity contribution in [2.45, 2.75) is 95.4 Å². The Morgan fingerprint density at radius 2 is 1.79 bits per heavy atom. The van der Waals surface area contributed by atoms with Crippen LogP contribution in [0.5, 0.6) is 0 Å². The fourth-order valence-electron chi connectivity index (χ4n) is 4.55. The molecule has 0 spiro atoms. The van der Waals surface area contributed by atoms with Gasteiger partial charge in [0.15, 0.2) is 0 Å². The van der Waals surface area contributed by atoms with Crippen LogP contribution in [0.3, 0.4) is 0 Å². The first-order valence-corrected chi connectivity index (χ1v) is 11.9. The highest BCUT2D eigenvalue weighted by atomic mass is 32.1. The van der Waals surface area contributed by atoms with Crippen molar-refractivity contribution >= 4 is 17.2 Å². The lowest BCUT2D eigenvalue weighted by molar-refractivity contribution is -0.129. The van der Waals surface area contributed by atoms with E-state index in [1.165, 1.54) is 4.88 Å². The predicted molar refractivity (Wildman–Crippen MR) is 114 cm³/mol. The maximum atomic E-state index is 11.0. The van der Waals surface area contributed by atoms with E-state index in [4.69, 9.17) is 5.21 Å². The molecule has 1 saturated carbocycles. The van der Waals surface area contributed by atoms with Gasteiger partial charge in [0.05, 0.1) is 18.3 Å². The summed E-state index contributed by atoms with van der Waals surface area (Å²) in [6.45, 7) is 0. The Morgan fingerprint density at radius 3 is 2.48 bits per heavy atom. The Kier molecular flexibility index (Phi) is 11.2. The van der Waals surface area contributed by atoms with Crippen LogP contribution in [0.2, 0.25) is 0 Å². The maximum absolute atomic E-state index is 11.0. The molecule has 1 amide bonds. The zero-order valence-corrected chi connectivity index (χ0v) is 18.0. The van der Waals surface area contributed by atoms with Gasteiger partial charge in [-0.2, -0.15) is 0 Å². The number of nitrogens with one attached hydrogen (secondary N) is 1. The number of rotatable bonds is 14. The molecule has 0 saturated heterocycles. The summed E-state index contributed by atoms with van der Waals surface area (Å²) in [7, 11) is 0. The largest absolute Gasteiger partial charge is 0.393 e. The van der Waals surface area contributed by atoms with Crippen LogP contribution in [-0.4, -0.2) is 44.7 Å². The lowest BCUT2D eigenvalue weighted by atomic mass is 9.84. The summed E-state index contributed by atoms with van der Waals surface area (Å²) in [5.74, 6) is -0.213. The number of aryl methyl sites for hydroxylation is 1. The summed E-state index contributed by atoms with van der Waals surface area (Å²) >= 11 is 1.75. The van der Waals surface area contributed by atoms with Crippen LogP contribution < -0.4 is 5.48 Å². The third-order valence-electron chi connectivity index (χ3n) is 6.21. The van der Waals surface area contributed by atoms with Crippen LogP contribution in [0.25, 0.3) is 0 Å². The molecule has 1 fully saturated rings. The number of aliphatic hydroxyl groups excluding tert-OH is 3. The van der Waals surface area contributed by atoms with E-state index in [1.807, 2.05) is 0 Å². The van der Waals surface area contributed by atoms with Crippen molar-refractivity contribution in [3.63, 3.8) is 0 Å². The van der Waals surface area contributed by atoms with Gasteiger partial charge in [0.25, 0.3) is 0 Å².